The van der Waals surface area contributed by atoms with E-state index in [1.54, 1.807) is 24.4 Å². The van der Waals surface area contributed by atoms with Crippen LogP contribution in [0.25, 0.3) is 0 Å². The maximum absolute atomic E-state index is 11.7. The number of rotatable bonds is 4. The molecule has 2 aromatic rings. The van der Waals surface area contributed by atoms with Gasteiger partial charge in [0.1, 0.15) is 0 Å². The van der Waals surface area contributed by atoms with E-state index in [4.69, 9.17) is 0 Å². The van der Waals surface area contributed by atoms with Crippen LogP contribution < -0.4 is 5.32 Å². The molecule has 106 valence electrons. The zero-order valence-corrected chi connectivity index (χ0v) is 12.6. The van der Waals surface area contributed by atoms with Crippen molar-refractivity contribution in [1.82, 2.24) is 10.3 Å². The second-order valence-electron chi connectivity index (χ2n) is 4.80. The summed E-state index contributed by atoms with van der Waals surface area (Å²) in [6.45, 7) is 2.02. The number of sulfone groups is 1. The van der Waals surface area contributed by atoms with Crippen LogP contribution in [0.5, 0.6) is 0 Å². The summed E-state index contributed by atoms with van der Waals surface area (Å²) in [6, 6.07) is 8.87. The standard InChI is InChI=1S/C15H18N2O2S/c1-11-7-8-17-10-14(11)15(16-2)12-5-4-6-13(9-12)20(3,18)19/h4-10,15-16H,1-3H3. The SMILES string of the molecule is CNC(c1cccc(S(C)(=O)=O)c1)c1cnccc1C. The van der Waals surface area contributed by atoms with Gasteiger partial charge in [0.05, 0.1) is 10.9 Å². The molecular formula is C15H18N2O2S. The van der Waals surface area contributed by atoms with E-state index in [1.165, 1.54) is 6.26 Å². The molecule has 1 aromatic heterocycles. The molecule has 5 heteroatoms. The molecule has 0 radical (unpaired) electrons. The molecule has 2 rings (SSSR count). The molecule has 0 aliphatic rings. The van der Waals surface area contributed by atoms with E-state index in [2.05, 4.69) is 10.3 Å². The van der Waals surface area contributed by atoms with Crippen LogP contribution in [0.4, 0.5) is 0 Å². The zero-order valence-electron chi connectivity index (χ0n) is 11.8. The summed E-state index contributed by atoms with van der Waals surface area (Å²) in [6.07, 6.45) is 4.78. The van der Waals surface area contributed by atoms with Crippen LogP contribution in [-0.2, 0) is 9.84 Å². The second kappa shape index (κ2) is 5.73. The van der Waals surface area contributed by atoms with Crippen molar-refractivity contribution >= 4 is 9.84 Å². The third-order valence-electron chi connectivity index (χ3n) is 3.30. The van der Waals surface area contributed by atoms with E-state index in [-0.39, 0.29) is 6.04 Å². The predicted molar refractivity (Wildman–Crippen MR) is 79.4 cm³/mol. The summed E-state index contributed by atoms with van der Waals surface area (Å²) in [5.41, 5.74) is 3.07. The van der Waals surface area contributed by atoms with Crippen molar-refractivity contribution < 1.29 is 8.42 Å². The molecule has 1 N–H and O–H groups in total. The fourth-order valence-corrected chi connectivity index (χ4v) is 2.88. The molecule has 0 aliphatic heterocycles. The van der Waals surface area contributed by atoms with Crippen LogP contribution in [-0.4, -0.2) is 26.7 Å². The first kappa shape index (κ1) is 14.7. The summed E-state index contributed by atoms with van der Waals surface area (Å²) in [5.74, 6) is 0. The van der Waals surface area contributed by atoms with Crippen molar-refractivity contribution in [3.05, 3.63) is 59.4 Å². The highest BCUT2D eigenvalue weighted by atomic mass is 32.2. The third-order valence-corrected chi connectivity index (χ3v) is 4.41. The van der Waals surface area contributed by atoms with Gasteiger partial charge in [-0.15, -0.1) is 0 Å². The van der Waals surface area contributed by atoms with Gasteiger partial charge in [0.25, 0.3) is 0 Å². The quantitative estimate of drug-likeness (QED) is 0.937. The number of hydrogen-bond acceptors (Lipinski definition) is 4. The normalized spacial score (nSPS) is 13.2. The Bertz CT molecular complexity index is 711. The van der Waals surface area contributed by atoms with Crippen molar-refractivity contribution in [1.29, 1.82) is 0 Å². The lowest BCUT2D eigenvalue weighted by atomic mass is 9.97. The minimum Gasteiger partial charge on any atom is -0.309 e. The fraction of sp³-hybridized carbons (Fsp3) is 0.267. The molecule has 0 bridgehead atoms. The van der Waals surface area contributed by atoms with Gasteiger partial charge in [-0.1, -0.05) is 12.1 Å². The Morgan fingerprint density at radius 1 is 1.25 bits per heavy atom. The molecule has 4 nitrogen and oxygen atoms in total. The fourth-order valence-electron chi connectivity index (χ4n) is 2.20. The number of hydrogen-bond donors (Lipinski definition) is 1. The van der Waals surface area contributed by atoms with Gasteiger partial charge in [0.2, 0.25) is 0 Å². The zero-order chi connectivity index (χ0) is 14.8. The smallest absolute Gasteiger partial charge is 0.175 e. The molecule has 0 saturated carbocycles. The minimum absolute atomic E-state index is 0.0783. The van der Waals surface area contributed by atoms with E-state index in [9.17, 15) is 8.42 Å². The van der Waals surface area contributed by atoms with E-state index in [0.717, 1.165) is 16.7 Å². The highest BCUT2D eigenvalue weighted by molar-refractivity contribution is 7.90. The summed E-state index contributed by atoms with van der Waals surface area (Å²) >= 11 is 0. The van der Waals surface area contributed by atoms with Gasteiger partial charge < -0.3 is 5.32 Å². The number of aryl methyl sites for hydroxylation is 1. The van der Waals surface area contributed by atoms with Crippen molar-refractivity contribution in [3.63, 3.8) is 0 Å². The Hall–Kier alpha value is -1.72. The number of pyridine rings is 1. The van der Waals surface area contributed by atoms with Gasteiger partial charge in [-0.25, -0.2) is 8.42 Å². The van der Waals surface area contributed by atoms with Crippen molar-refractivity contribution in [2.24, 2.45) is 0 Å². The monoisotopic (exact) mass is 290 g/mol. The predicted octanol–water partition coefficient (Wildman–Crippen LogP) is 2.10. The van der Waals surface area contributed by atoms with E-state index >= 15 is 0 Å². The van der Waals surface area contributed by atoms with Gasteiger partial charge in [0, 0.05) is 18.6 Å². The molecule has 1 unspecified atom stereocenters. The maximum atomic E-state index is 11.7. The van der Waals surface area contributed by atoms with Gasteiger partial charge >= 0.3 is 0 Å². The van der Waals surface area contributed by atoms with Crippen LogP contribution in [0, 0.1) is 6.92 Å². The summed E-state index contributed by atoms with van der Waals surface area (Å²) in [7, 11) is -1.35. The first-order valence-corrected chi connectivity index (χ1v) is 8.20. The minimum atomic E-state index is -3.20. The van der Waals surface area contributed by atoms with E-state index < -0.39 is 9.84 Å². The number of nitrogens with zero attached hydrogens (tertiary/aromatic N) is 1. The van der Waals surface area contributed by atoms with Gasteiger partial charge in [-0.05, 0) is 48.9 Å². The van der Waals surface area contributed by atoms with E-state index in [0.29, 0.717) is 4.90 Å². The molecule has 1 heterocycles. The maximum Gasteiger partial charge on any atom is 0.175 e. The Labute approximate surface area is 119 Å². The van der Waals surface area contributed by atoms with Crippen LogP contribution >= 0.6 is 0 Å². The van der Waals surface area contributed by atoms with Crippen molar-refractivity contribution in [2.75, 3.05) is 13.3 Å². The molecule has 0 aliphatic carbocycles. The third kappa shape index (κ3) is 3.05. The van der Waals surface area contributed by atoms with Gasteiger partial charge in [-0.2, -0.15) is 0 Å². The van der Waals surface area contributed by atoms with E-state index in [1.807, 2.05) is 32.3 Å². The molecule has 0 fully saturated rings. The molecule has 20 heavy (non-hydrogen) atoms. The molecule has 0 spiro atoms. The van der Waals surface area contributed by atoms with Crippen LogP contribution in [0.15, 0.2) is 47.6 Å². The topological polar surface area (TPSA) is 59.1 Å². The number of benzene rings is 1. The molecule has 0 saturated heterocycles. The lowest BCUT2D eigenvalue weighted by Crippen LogP contribution is -2.19. The van der Waals surface area contributed by atoms with Crippen molar-refractivity contribution in [3.8, 4) is 0 Å². The molecule has 0 amide bonds. The highest BCUT2D eigenvalue weighted by Crippen LogP contribution is 2.25. The van der Waals surface area contributed by atoms with Crippen LogP contribution in [0.2, 0.25) is 0 Å². The Kier molecular flexibility index (Phi) is 4.20. The van der Waals surface area contributed by atoms with Gasteiger partial charge in [-0.3, -0.25) is 4.98 Å². The molecular weight excluding hydrogens is 272 g/mol. The largest absolute Gasteiger partial charge is 0.309 e. The molecule has 1 aromatic carbocycles. The molecule has 1 atom stereocenters. The lowest BCUT2D eigenvalue weighted by Gasteiger charge is -2.19. The summed E-state index contributed by atoms with van der Waals surface area (Å²) in [5, 5.41) is 3.22. The first-order valence-electron chi connectivity index (χ1n) is 6.31. The second-order valence-corrected chi connectivity index (χ2v) is 6.81. The Morgan fingerprint density at radius 3 is 2.60 bits per heavy atom. The Morgan fingerprint density at radius 2 is 2.00 bits per heavy atom. The Balaban J connectivity index is 2.51. The average molecular weight is 290 g/mol. The number of aromatic nitrogens is 1. The summed E-state index contributed by atoms with van der Waals surface area (Å²) < 4.78 is 23.3. The lowest BCUT2D eigenvalue weighted by molar-refractivity contribution is 0.601. The van der Waals surface area contributed by atoms with Crippen LogP contribution in [0.3, 0.4) is 0 Å². The number of nitrogens with one attached hydrogen (secondary N) is 1. The van der Waals surface area contributed by atoms with Crippen LogP contribution in [0.1, 0.15) is 22.7 Å². The summed E-state index contributed by atoms with van der Waals surface area (Å²) in [4.78, 5) is 4.48. The van der Waals surface area contributed by atoms with Crippen molar-refractivity contribution in [2.45, 2.75) is 17.9 Å². The van der Waals surface area contributed by atoms with Gasteiger partial charge in [0.15, 0.2) is 9.84 Å². The highest BCUT2D eigenvalue weighted by Gasteiger charge is 2.16. The first-order chi connectivity index (χ1) is 9.43. The average Bonchev–Trinajstić information content (AvgIpc) is 2.41.